The summed E-state index contributed by atoms with van der Waals surface area (Å²) < 4.78 is 46.8. The number of rotatable bonds is 11. The molecule has 0 atom stereocenters. The molecule has 7 N–H and O–H groups in total. The van der Waals surface area contributed by atoms with Gasteiger partial charge in [0.2, 0.25) is 5.78 Å². The van der Waals surface area contributed by atoms with E-state index in [1.165, 1.54) is 38.5 Å². The van der Waals surface area contributed by atoms with Crippen molar-refractivity contribution in [1.82, 2.24) is 15.4 Å². The summed E-state index contributed by atoms with van der Waals surface area (Å²) in [5.74, 6) is -2.20. The van der Waals surface area contributed by atoms with Gasteiger partial charge < -0.3 is 20.3 Å². The maximum atomic E-state index is 13.8. The van der Waals surface area contributed by atoms with Crippen molar-refractivity contribution in [1.29, 1.82) is 0 Å². The maximum absolute atomic E-state index is 13.8. The SMILES string of the molecule is COc1cc(-c2ccc(NN=C3C(=O)c4ccc(N)c(N=Nc5cccc6n[nH]nc56)c4C=C3S(=O)(=O)O)c(OC)c2)ccc1NN=C1C=C(C(=O)O)C(=O)C=C1C. The fraction of sp³-hybridized carbons (Fsp3) is 0.0789. The fourth-order valence-corrected chi connectivity index (χ4v) is 6.63. The molecule has 0 saturated carbocycles. The number of ketones is 2. The van der Waals surface area contributed by atoms with Gasteiger partial charge in [0.15, 0.2) is 11.5 Å². The average molecular weight is 803 g/mol. The van der Waals surface area contributed by atoms with E-state index < -0.39 is 43.8 Å². The van der Waals surface area contributed by atoms with Crippen LogP contribution in [-0.2, 0) is 19.7 Å². The Bertz CT molecular complexity index is 2890. The molecule has 0 fully saturated rings. The molecule has 0 bridgehead atoms. The molecule has 0 spiro atoms. The molecule has 292 valence electrons. The van der Waals surface area contributed by atoms with Crippen molar-refractivity contribution in [3.8, 4) is 22.6 Å². The van der Waals surface area contributed by atoms with Crippen molar-refractivity contribution in [2.24, 2.45) is 20.4 Å². The number of hydrazone groups is 2. The van der Waals surface area contributed by atoms with Crippen LogP contribution in [0.1, 0.15) is 22.8 Å². The van der Waals surface area contributed by atoms with E-state index >= 15 is 0 Å². The number of fused-ring (bicyclic) bond motifs is 2. The van der Waals surface area contributed by atoms with E-state index in [2.05, 4.69) is 46.7 Å². The molecule has 5 aromatic rings. The van der Waals surface area contributed by atoms with Crippen molar-refractivity contribution >= 4 is 84.6 Å². The van der Waals surface area contributed by atoms with Crippen LogP contribution in [0.4, 0.5) is 28.4 Å². The summed E-state index contributed by atoms with van der Waals surface area (Å²) in [6, 6.07) is 17.9. The highest BCUT2D eigenvalue weighted by Crippen LogP contribution is 2.39. The second-order valence-corrected chi connectivity index (χ2v) is 13.9. The Morgan fingerprint density at radius 2 is 1.53 bits per heavy atom. The number of carbonyl (C=O) groups is 3. The Morgan fingerprint density at radius 1 is 0.862 bits per heavy atom. The van der Waals surface area contributed by atoms with Gasteiger partial charge >= 0.3 is 5.97 Å². The number of aromatic nitrogens is 3. The van der Waals surface area contributed by atoms with Crippen molar-refractivity contribution in [2.75, 3.05) is 30.8 Å². The van der Waals surface area contributed by atoms with Crippen LogP contribution < -0.4 is 26.1 Å². The number of nitrogens with one attached hydrogen (secondary N) is 3. The molecular formula is C38H30N10O9S. The van der Waals surface area contributed by atoms with Crippen LogP contribution in [0.5, 0.6) is 11.5 Å². The third-order valence-corrected chi connectivity index (χ3v) is 9.80. The molecule has 1 heterocycles. The number of azo groups is 1. The van der Waals surface area contributed by atoms with Crippen molar-refractivity contribution < 1.29 is 41.9 Å². The summed E-state index contributed by atoms with van der Waals surface area (Å²) in [5, 5.41) is 36.7. The van der Waals surface area contributed by atoms with Crippen LogP contribution in [0.2, 0.25) is 0 Å². The van der Waals surface area contributed by atoms with E-state index in [4.69, 9.17) is 15.2 Å². The molecule has 0 saturated heterocycles. The number of nitrogens with two attached hydrogens (primary N) is 1. The quantitative estimate of drug-likeness (QED) is 0.0228. The fourth-order valence-electron chi connectivity index (χ4n) is 5.98. The third-order valence-electron chi connectivity index (χ3n) is 8.93. The third kappa shape index (κ3) is 7.42. The number of methoxy groups -OCH3 is 2. The zero-order valence-electron chi connectivity index (χ0n) is 30.5. The first-order valence-electron chi connectivity index (χ1n) is 16.9. The average Bonchev–Trinajstić information content (AvgIpc) is 3.69. The number of allylic oxidation sites excluding steroid dienone is 4. The number of Topliss-reactive ketones (excluding diaryl/α,β-unsaturated/α-hetero) is 1. The van der Waals surface area contributed by atoms with Crippen LogP contribution in [0.25, 0.3) is 28.2 Å². The molecule has 0 aliphatic heterocycles. The van der Waals surface area contributed by atoms with Crippen LogP contribution in [0.3, 0.4) is 0 Å². The normalized spacial score (nSPS) is 15.6. The highest BCUT2D eigenvalue weighted by atomic mass is 32.2. The monoisotopic (exact) mass is 802 g/mol. The van der Waals surface area contributed by atoms with E-state index in [9.17, 15) is 32.5 Å². The number of hydrogen-bond donors (Lipinski definition) is 6. The van der Waals surface area contributed by atoms with E-state index in [0.29, 0.717) is 44.9 Å². The Labute approximate surface area is 328 Å². The first-order chi connectivity index (χ1) is 27.8. The first kappa shape index (κ1) is 38.4. The van der Waals surface area contributed by atoms with E-state index in [1.54, 1.807) is 61.5 Å². The number of aromatic amines is 1. The minimum Gasteiger partial charge on any atom is -0.494 e. The number of carbonyl (C=O) groups excluding carboxylic acids is 2. The number of benzene rings is 4. The summed E-state index contributed by atoms with van der Waals surface area (Å²) in [6.45, 7) is 1.63. The lowest BCUT2D eigenvalue weighted by atomic mass is 9.92. The standard InChI is InChI=1S/C38H30N10O9S/c1-18-13-30(49)23(38(51)52)16-29(18)43-40-25-11-7-19(14-31(25)56-2)20-8-12-26(32(15-20)57-3)41-46-36-33(58(53,54)55)17-22-21(37(36)50)9-10-24(39)34(22)45-42-27-5-4-6-28-35(27)47-48-44-28/h4-17,40-41H,39H2,1-3H3,(H,51,52)(H,44,47,48)(H,53,54,55). The minimum absolute atomic E-state index is 0.000229. The van der Waals surface area contributed by atoms with Crippen LogP contribution >= 0.6 is 0 Å². The molecule has 0 radical (unpaired) electrons. The maximum Gasteiger partial charge on any atom is 0.339 e. The topological polar surface area (TPSA) is 285 Å². The van der Waals surface area contributed by atoms with Crippen molar-refractivity contribution in [3.05, 3.63) is 106 Å². The van der Waals surface area contributed by atoms with Crippen LogP contribution in [0, 0.1) is 0 Å². The summed E-state index contributed by atoms with van der Waals surface area (Å²) >= 11 is 0. The number of carboxylic acids is 1. The number of H-pyrrole nitrogens is 1. The predicted octanol–water partition coefficient (Wildman–Crippen LogP) is 5.84. The number of ether oxygens (including phenoxy) is 2. The zero-order valence-corrected chi connectivity index (χ0v) is 31.3. The largest absolute Gasteiger partial charge is 0.494 e. The lowest BCUT2D eigenvalue weighted by Gasteiger charge is -2.18. The number of nitrogen functional groups attached to an aromatic ring is 1. The molecule has 20 heteroatoms. The van der Waals surface area contributed by atoms with Crippen molar-refractivity contribution in [3.63, 3.8) is 0 Å². The van der Waals surface area contributed by atoms with Gasteiger partial charge in [-0.05, 0) is 90.4 Å². The molecule has 58 heavy (non-hydrogen) atoms. The van der Waals surface area contributed by atoms with E-state index in [0.717, 1.165) is 6.08 Å². The number of aliphatic carboxylic acids is 1. The highest BCUT2D eigenvalue weighted by Gasteiger charge is 2.35. The molecular weight excluding hydrogens is 773 g/mol. The van der Waals surface area contributed by atoms with Crippen molar-refractivity contribution in [2.45, 2.75) is 6.92 Å². The molecule has 4 aromatic carbocycles. The van der Waals surface area contributed by atoms with Gasteiger partial charge in [0.25, 0.3) is 10.1 Å². The van der Waals surface area contributed by atoms with Gasteiger partial charge in [-0.25, -0.2) is 4.79 Å². The lowest BCUT2D eigenvalue weighted by molar-refractivity contribution is -0.134. The summed E-state index contributed by atoms with van der Waals surface area (Å²) in [4.78, 5) is 36.5. The van der Waals surface area contributed by atoms with Crippen LogP contribution in [0.15, 0.2) is 115 Å². The van der Waals surface area contributed by atoms with Gasteiger partial charge in [0, 0.05) is 11.1 Å². The summed E-state index contributed by atoms with van der Waals surface area (Å²) in [5.41, 5.74) is 14.8. The van der Waals surface area contributed by atoms with Gasteiger partial charge in [0.05, 0.1) is 37.0 Å². The van der Waals surface area contributed by atoms with Crippen LogP contribution in [-0.4, -0.2) is 76.7 Å². The molecule has 1 aromatic heterocycles. The number of hydrogen-bond acceptors (Lipinski definition) is 16. The molecule has 19 nitrogen and oxygen atoms in total. The van der Waals surface area contributed by atoms with E-state index in [-0.39, 0.29) is 39.7 Å². The molecule has 7 rings (SSSR count). The highest BCUT2D eigenvalue weighted by molar-refractivity contribution is 7.91. The first-order valence-corrected chi connectivity index (χ1v) is 18.3. The Hall–Kier alpha value is -7.84. The van der Waals surface area contributed by atoms with E-state index in [1.807, 2.05) is 0 Å². The summed E-state index contributed by atoms with van der Waals surface area (Å²) in [7, 11) is -2.17. The van der Waals surface area contributed by atoms with Gasteiger partial charge in [-0.1, -0.05) is 18.2 Å². The molecule has 2 aliphatic carbocycles. The number of nitrogens with zero attached hydrogens (tertiary/aromatic N) is 6. The smallest absolute Gasteiger partial charge is 0.339 e. The Kier molecular flexibility index (Phi) is 10.2. The number of carboxylic acid groups (broad SMARTS) is 1. The molecule has 0 unspecified atom stereocenters. The van der Waals surface area contributed by atoms with Gasteiger partial charge in [-0.2, -0.15) is 34.0 Å². The summed E-state index contributed by atoms with van der Waals surface area (Å²) in [6.07, 6.45) is 3.43. The zero-order chi connectivity index (χ0) is 41.3. The van der Waals surface area contributed by atoms with Gasteiger partial charge in [-0.3, -0.25) is 25.0 Å². The lowest BCUT2D eigenvalue weighted by Crippen LogP contribution is -2.27. The predicted molar refractivity (Wildman–Crippen MR) is 214 cm³/mol. The second-order valence-electron chi connectivity index (χ2n) is 12.5. The second kappa shape index (κ2) is 15.4. The number of anilines is 3. The van der Waals surface area contributed by atoms with Gasteiger partial charge in [0.1, 0.15) is 44.4 Å². The number of para-hydroxylation sites is 1. The molecule has 0 amide bonds. The van der Waals surface area contributed by atoms with Gasteiger partial charge in [-0.15, -0.1) is 10.2 Å². The Morgan fingerprint density at radius 3 is 2.17 bits per heavy atom. The minimum atomic E-state index is -5.03. The molecule has 2 aliphatic rings. The Balaban J connectivity index is 1.16.